The monoisotopic (exact) mass is 417 g/mol. The normalized spacial score (nSPS) is 11.7. The molecular weight excluding hydrogens is 390 g/mol. The van der Waals surface area contributed by atoms with Gasteiger partial charge in [0.1, 0.15) is 0 Å². The summed E-state index contributed by atoms with van der Waals surface area (Å²) in [7, 11) is -3.68. The van der Waals surface area contributed by atoms with Crippen molar-refractivity contribution in [2.45, 2.75) is 44.6 Å². The van der Waals surface area contributed by atoms with Gasteiger partial charge in [-0.1, -0.05) is 19.1 Å². The molecule has 0 aliphatic rings. The van der Waals surface area contributed by atoms with E-state index in [4.69, 9.17) is 0 Å². The fourth-order valence-corrected chi connectivity index (χ4v) is 3.98. The number of benzene rings is 2. The number of hydrogen-bond donors (Lipinski definition) is 3. The van der Waals surface area contributed by atoms with Crippen molar-refractivity contribution in [1.82, 2.24) is 10.0 Å². The van der Waals surface area contributed by atoms with Gasteiger partial charge in [-0.2, -0.15) is 0 Å². The van der Waals surface area contributed by atoms with Crippen molar-refractivity contribution in [3.05, 3.63) is 59.7 Å². The third-order valence-corrected chi connectivity index (χ3v) is 5.60. The smallest absolute Gasteiger partial charge is 0.255 e. The van der Waals surface area contributed by atoms with Crippen LogP contribution >= 0.6 is 0 Å². The molecule has 0 fully saturated rings. The van der Waals surface area contributed by atoms with E-state index in [0.29, 0.717) is 17.8 Å². The maximum atomic E-state index is 12.6. The van der Waals surface area contributed by atoms with Gasteiger partial charge in [0, 0.05) is 17.6 Å². The first kappa shape index (κ1) is 22.6. The number of anilines is 1. The average molecular weight is 418 g/mol. The summed E-state index contributed by atoms with van der Waals surface area (Å²) in [5, 5.41) is 5.50. The molecule has 0 aliphatic carbocycles. The molecule has 0 atom stereocenters. The summed E-state index contributed by atoms with van der Waals surface area (Å²) in [6, 6.07) is 12.3. The maximum absolute atomic E-state index is 12.6. The summed E-state index contributed by atoms with van der Waals surface area (Å²) in [6.45, 7) is 7.75. The number of carbonyl (C=O) groups is 2. The molecule has 0 unspecified atom stereocenters. The molecule has 2 rings (SSSR count). The number of rotatable bonds is 7. The lowest BCUT2D eigenvalue weighted by atomic mass is 10.1. The molecule has 0 bridgehead atoms. The lowest BCUT2D eigenvalue weighted by molar-refractivity contribution is 0.0954. The maximum Gasteiger partial charge on any atom is 0.255 e. The number of carbonyl (C=O) groups excluding carboxylic acids is 2. The molecule has 156 valence electrons. The Morgan fingerprint density at radius 3 is 2.14 bits per heavy atom. The minimum absolute atomic E-state index is 0.0725. The van der Waals surface area contributed by atoms with E-state index >= 15 is 0 Å². The largest absolute Gasteiger partial charge is 0.352 e. The van der Waals surface area contributed by atoms with Crippen molar-refractivity contribution >= 4 is 27.5 Å². The van der Waals surface area contributed by atoms with Gasteiger partial charge in [0.2, 0.25) is 10.0 Å². The van der Waals surface area contributed by atoms with E-state index in [1.165, 1.54) is 24.3 Å². The molecule has 2 aromatic carbocycles. The number of amides is 2. The van der Waals surface area contributed by atoms with Gasteiger partial charge in [0.25, 0.3) is 11.8 Å². The van der Waals surface area contributed by atoms with Gasteiger partial charge in [-0.05, 0) is 63.6 Å². The van der Waals surface area contributed by atoms with Crippen LogP contribution in [0.25, 0.3) is 0 Å². The van der Waals surface area contributed by atoms with Crippen molar-refractivity contribution in [3.8, 4) is 0 Å². The predicted octanol–water partition coefficient (Wildman–Crippen LogP) is 3.16. The lowest BCUT2D eigenvalue weighted by Gasteiger charge is -2.20. The molecule has 8 heteroatoms. The summed E-state index contributed by atoms with van der Waals surface area (Å²) in [4.78, 5) is 24.9. The van der Waals surface area contributed by atoms with Gasteiger partial charge in [-0.3, -0.25) is 9.59 Å². The molecule has 0 radical (unpaired) electrons. The first-order chi connectivity index (χ1) is 13.5. The minimum Gasteiger partial charge on any atom is -0.352 e. The van der Waals surface area contributed by atoms with Crippen LogP contribution in [0.2, 0.25) is 0 Å². The van der Waals surface area contributed by atoms with E-state index in [1.807, 2.05) is 6.92 Å². The second-order valence-corrected chi connectivity index (χ2v) is 9.32. The molecule has 0 saturated carbocycles. The zero-order chi connectivity index (χ0) is 21.7. The second-order valence-electron chi connectivity index (χ2n) is 7.64. The quantitative estimate of drug-likeness (QED) is 0.644. The summed E-state index contributed by atoms with van der Waals surface area (Å²) in [6.07, 6.45) is 0.805. The molecule has 2 aromatic rings. The topological polar surface area (TPSA) is 104 Å². The van der Waals surface area contributed by atoms with Crippen LogP contribution < -0.4 is 15.4 Å². The van der Waals surface area contributed by atoms with Gasteiger partial charge >= 0.3 is 0 Å². The zero-order valence-electron chi connectivity index (χ0n) is 17.1. The van der Waals surface area contributed by atoms with Crippen LogP contribution in [-0.4, -0.2) is 32.3 Å². The van der Waals surface area contributed by atoms with Crippen LogP contribution in [0.1, 0.15) is 54.8 Å². The van der Waals surface area contributed by atoms with Crippen molar-refractivity contribution in [2.24, 2.45) is 0 Å². The average Bonchev–Trinajstić information content (AvgIpc) is 2.64. The summed E-state index contributed by atoms with van der Waals surface area (Å²) in [5.74, 6) is -0.703. The Kier molecular flexibility index (Phi) is 7.16. The van der Waals surface area contributed by atoms with Gasteiger partial charge in [0.15, 0.2) is 0 Å². The molecule has 0 spiro atoms. The number of sulfonamides is 1. The van der Waals surface area contributed by atoms with Crippen LogP contribution in [0.5, 0.6) is 0 Å². The van der Waals surface area contributed by atoms with Crippen LogP contribution in [0.15, 0.2) is 53.4 Å². The fraction of sp³-hybridized carbons (Fsp3) is 0.333. The highest BCUT2D eigenvalue weighted by Gasteiger charge is 2.22. The molecule has 7 nitrogen and oxygen atoms in total. The van der Waals surface area contributed by atoms with Crippen LogP contribution in [-0.2, 0) is 10.0 Å². The predicted molar refractivity (Wildman–Crippen MR) is 114 cm³/mol. The highest BCUT2D eigenvalue weighted by Crippen LogP contribution is 2.18. The molecule has 0 saturated heterocycles. The van der Waals surface area contributed by atoms with Crippen molar-refractivity contribution in [3.63, 3.8) is 0 Å². The Hall–Kier alpha value is -2.71. The molecule has 29 heavy (non-hydrogen) atoms. The van der Waals surface area contributed by atoms with Crippen LogP contribution in [0.3, 0.4) is 0 Å². The summed E-state index contributed by atoms with van der Waals surface area (Å²) < 4.78 is 27.3. The Labute approximate surface area is 172 Å². The van der Waals surface area contributed by atoms with Gasteiger partial charge in [-0.25, -0.2) is 13.1 Å². The number of nitrogens with one attached hydrogen (secondary N) is 3. The van der Waals surface area contributed by atoms with Crippen molar-refractivity contribution in [2.75, 3.05) is 11.9 Å². The molecule has 2 amide bonds. The van der Waals surface area contributed by atoms with Gasteiger partial charge < -0.3 is 10.6 Å². The van der Waals surface area contributed by atoms with Gasteiger partial charge in [0.05, 0.1) is 16.1 Å². The van der Waals surface area contributed by atoms with E-state index in [-0.39, 0.29) is 16.4 Å². The number of hydrogen-bond acceptors (Lipinski definition) is 4. The Morgan fingerprint density at radius 2 is 1.55 bits per heavy atom. The van der Waals surface area contributed by atoms with Crippen molar-refractivity contribution < 1.29 is 18.0 Å². The van der Waals surface area contributed by atoms with Crippen LogP contribution in [0.4, 0.5) is 5.69 Å². The lowest BCUT2D eigenvalue weighted by Crippen LogP contribution is -2.40. The van der Waals surface area contributed by atoms with Crippen LogP contribution in [0, 0.1) is 0 Å². The number of para-hydroxylation sites is 1. The van der Waals surface area contributed by atoms with E-state index < -0.39 is 21.5 Å². The SMILES string of the molecule is CCCNC(=O)c1ccccc1NC(=O)c1ccc(S(=O)(=O)NC(C)(C)C)cc1. The second kappa shape index (κ2) is 9.19. The summed E-state index contributed by atoms with van der Waals surface area (Å²) in [5.41, 5.74) is 0.417. The minimum atomic E-state index is -3.68. The standard InChI is InChI=1S/C21H27N3O4S/c1-5-14-22-20(26)17-8-6-7-9-18(17)23-19(25)15-10-12-16(13-11-15)29(27,28)24-21(2,3)4/h6-13,24H,5,14H2,1-4H3,(H,22,26)(H,23,25). The van der Waals surface area contributed by atoms with E-state index in [2.05, 4.69) is 15.4 Å². The highest BCUT2D eigenvalue weighted by molar-refractivity contribution is 7.89. The van der Waals surface area contributed by atoms with E-state index in [0.717, 1.165) is 6.42 Å². The molecule has 0 heterocycles. The first-order valence-corrected chi connectivity index (χ1v) is 10.8. The van der Waals surface area contributed by atoms with Crippen molar-refractivity contribution in [1.29, 1.82) is 0 Å². The third-order valence-electron chi connectivity index (χ3n) is 3.82. The molecule has 0 aromatic heterocycles. The van der Waals surface area contributed by atoms with E-state index in [9.17, 15) is 18.0 Å². The van der Waals surface area contributed by atoms with E-state index in [1.54, 1.807) is 45.0 Å². The molecule has 0 aliphatic heterocycles. The van der Waals surface area contributed by atoms with Gasteiger partial charge in [-0.15, -0.1) is 0 Å². The Balaban J connectivity index is 2.18. The highest BCUT2D eigenvalue weighted by atomic mass is 32.2. The zero-order valence-corrected chi connectivity index (χ0v) is 17.9. The fourth-order valence-electron chi connectivity index (χ4n) is 2.57. The Morgan fingerprint density at radius 1 is 0.931 bits per heavy atom. The third kappa shape index (κ3) is 6.40. The molecular formula is C21H27N3O4S. The summed E-state index contributed by atoms with van der Waals surface area (Å²) >= 11 is 0. The molecule has 3 N–H and O–H groups in total. The first-order valence-electron chi connectivity index (χ1n) is 9.36. The Bertz CT molecular complexity index is 978.